The number of amides is 2. The van der Waals surface area contributed by atoms with E-state index >= 15 is 0 Å². The second-order valence-electron chi connectivity index (χ2n) is 24.8. The molecule has 0 aliphatic carbocycles. The lowest BCUT2D eigenvalue weighted by Gasteiger charge is -2.28. The lowest BCUT2D eigenvalue weighted by Crippen LogP contribution is -2.45. The molecule has 0 saturated carbocycles. The molecule has 0 spiro atoms. The quantitative estimate of drug-likeness (QED) is 0.0628. The Morgan fingerprint density at radius 2 is 1.00 bits per heavy atom. The first-order chi connectivity index (χ1) is 49.5. The van der Waals surface area contributed by atoms with Gasteiger partial charge in [-0.1, -0.05) is 165 Å². The van der Waals surface area contributed by atoms with Crippen molar-refractivity contribution < 1.29 is 38.4 Å². The minimum Gasteiger partial charge on any atom is -0.444 e. The van der Waals surface area contributed by atoms with Crippen LogP contribution >= 0.6 is 105 Å². The number of fused-ring (bicyclic) bond motifs is 3. The van der Waals surface area contributed by atoms with E-state index in [1.54, 1.807) is 56.1 Å². The molecule has 3 saturated heterocycles. The lowest BCUT2D eigenvalue weighted by atomic mass is 10.1. The minimum absolute atomic E-state index is 0. The lowest BCUT2D eigenvalue weighted by molar-refractivity contribution is -0.156. The van der Waals surface area contributed by atoms with Gasteiger partial charge in [-0.2, -0.15) is 13.2 Å². The first-order valence-electron chi connectivity index (χ1n) is 33.2. The van der Waals surface area contributed by atoms with E-state index in [1.807, 2.05) is 112 Å². The number of nitrogens with two attached hydrogens (primary N) is 1. The number of aromatic amines is 1. The van der Waals surface area contributed by atoms with Gasteiger partial charge in [0.1, 0.15) is 11.2 Å². The molecule has 105 heavy (non-hydrogen) atoms. The smallest absolute Gasteiger partial charge is 0.444 e. The van der Waals surface area contributed by atoms with Crippen LogP contribution in [0.2, 0.25) is 30.1 Å². The molecule has 3 fully saturated rings. The predicted octanol–water partition coefficient (Wildman–Crippen LogP) is 18.8. The highest BCUT2D eigenvalue weighted by Gasteiger charge is 2.28. The number of ether oxygens (including phenoxy) is 2. The number of benzene rings is 3. The average Bonchev–Trinajstić information content (AvgIpc) is 1.56. The number of rotatable bonds is 10. The summed E-state index contributed by atoms with van der Waals surface area (Å²) in [6, 6.07) is 17.0. The Balaban J connectivity index is 0.000000292. The number of alkyl carbamates (subject to hydrolysis) is 2. The molecular formula is C70H90Cl6F3N17O6S3. The van der Waals surface area contributed by atoms with Gasteiger partial charge in [-0.05, 0) is 129 Å². The summed E-state index contributed by atoms with van der Waals surface area (Å²) in [6.07, 6.45) is 19.1. The van der Waals surface area contributed by atoms with Crippen LogP contribution in [0.1, 0.15) is 129 Å². The maximum Gasteiger partial charge on any atom is 0.446 e. The van der Waals surface area contributed by atoms with Gasteiger partial charge in [-0.3, -0.25) is 18.0 Å². The summed E-state index contributed by atoms with van der Waals surface area (Å²) in [5.41, 5.74) is 7.28. The number of hydrogen-bond acceptors (Lipinski definition) is 20. The van der Waals surface area contributed by atoms with Crippen LogP contribution in [-0.4, -0.2) is 136 Å². The van der Waals surface area contributed by atoms with E-state index in [9.17, 15) is 27.6 Å². The zero-order valence-electron chi connectivity index (χ0n) is 58.5. The molecule has 9 heterocycles. The van der Waals surface area contributed by atoms with E-state index in [-0.39, 0.29) is 50.9 Å². The van der Waals surface area contributed by atoms with E-state index in [0.29, 0.717) is 49.2 Å². The summed E-state index contributed by atoms with van der Waals surface area (Å²) in [5.74, 6) is 1.68. The molecule has 572 valence electrons. The van der Waals surface area contributed by atoms with Crippen LogP contribution in [0.5, 0.6) is 0 Å². The molecule has 3 aliphatic rings. The Kier molecular flexibility index (Phi) is 37.0. The number of halogens is 9. The third-order valence-electron chi connectivity index (χ3n) is 14.6. The van der Waals surface area contributed by atoms with Crippen molar-refractivity contribution in [2.75, 3.05) is 49.1 Å². The monoisotopic (exact) mass is 1630 g/mol. The van der Waals surface area contributed by atoms with Crippen molar-refractivity contribution >= 4 is 152 Å². The molecular weight excluding hydrogens is 1540 g/mol. The highest BCUT2D eigenvalue weighted by molar-refractivity contribution is 8.00. The van der Waals surface area contributed by atoms with Gasteiger partial charge in [-0.25, -0.2) is 39.3 Å². The van der Waals surface area contributed by atoms with Crippen molar-refractivity contribution in [3.8, 4) is 0 Å². The van der Waals surface area contributed by atoms with Gasteiger partial charge >= 0.3 is 24.1 Å². The minimum atomic E-state index is -4.64. The Morgan fingerprint density at radius 3 is 1.45 bits per heavy atom. The molecule has 35 heteroatoms. The number of aldehydes is 1. The summed E-state index contributed by atoms with van der Waals surface area (Å²) in [7, 11) is 0. The summed E-state index contributed by atoms with van der Waals surface area (Å²) >= 11 is 41.6. The Hall–Kier alpha value is -6.95. The predicted molar refractivity (Wildman–Crippen MR) is 417 cm³/mol. The van der Waals surface area contributed by atoms with Crippen LogP contribution in [0.15, 0.2) is 145 Å². The summed E-state index contributed by atoms with van der Waals surface area (Å²) in [5, 5.41) is 24.3. The molecule has 6 aromatic heterocycles. The maximum absolute atomic E-state index is 12.3. The molecule has 3 unspecified atom stereocenters. The van der Waals surface area contributed by atoms with E-state index < -0.39 is 23.7 Å². The fourth-order valence-electron chi connectivity index (χ4n) is 10.3. The summed E-state index contributed by atoms with van der Waals surface area (Å²) < 4.78 is 53.6. The first kappa shape index (κ1) is 88.7. The van der Waals surface area contributed by atoms with Crippen molar-refractivity contribution in [1.29, 1.82) is 10.8 Å². The normalized spacial score (nSPS) is 16.0. The van der Waals surface area contributed by atoms with Crippen LogP contribution in [0.4, 0.5) is 34.7 Å². The summed E-state index contributed by atoms with van der Waals surface area (Å²) in [6.45, 7) is 18.7. The highest BCUT2D eigenvalue weighted by Crippen LogP contribution is 2.42. The Labute approximate surface area is 654 Å². The van der Waals surface area contributed by atoms with Crippen LogP contribution in [0, 0.1) is 10.8 Å². The number of anilines is 2. The van der Waals surface area contributed by atoms with Crippen molar-refractivity contribution in [3.05, 3.63) is 151 Å². The molecule has 0 radical (unpaired) electrons. The average molecular weight is 1630 g/mol. The third kappa shape index (κ3) is 28.3. The molecule has 0 bridgehead atoms. The number of aromatic nitrogens is 9. The molecule has 6 N–H and O–H groups in total. The van der Waals surface area contributed by atoms with Gasteiger partial charge < -0.3 is 45.9 Å². The fourth-order valence-corrected chi connectivity index (χ4v) is 14.5. The molecule has 23 nitrogen and oxygen atoms in total. The van der Waals surface area contributed by atoms with Crippen molar-refractivity contribution in [1.82, 2.24) is 59.1 Å². The number of carbonyl (C=O) groups excluding carboxylic acids is 3. The first-order valence-corrected chi connectivity index (χ1v) is 37.2. The number of alkyl halides is 3. The molecule has 3 aromatic carbocycles. The number of nitrogens with zero attached hydrogens (tertiary/aromatic N) is 12. The Morgan fingerprint density at radius 1 is 0.610 bits per heavy atom. The van der Waals surface area contributed by atoms with E-state index in [2.05, 4.69) is 45.7 Å². The fraction of sp³-hybridized carbons (Fsp3) is 0.443. The van der Waals surface area contributed by atoms with Crippen molar-refractivity contribution in [2.45, 2.75) is 193 Å². The zero-order valence-corrected chi connectivity index (χ0v) is 64.5. The van der Waals surface area contributed by atoms with Crippen LogP contribution < -0.4 is 37.2 Å². The third-order valence-corrected chi connectivity index (χ3v) is 20.6. The van der Waals surface area contributed by atoms with Crippen LogP contribution in [-0.2, 0) is 14.3 Å². The van der Waals surface area contributed by atoms with Crippen LogP contribution in [0.3, 0.4) is 0 Å². The molecule has 3 atom stereocenters. The van der Waals surface area contributed by atoms with Crippen molar-refractivity contribution in [2.24, 2.45) is 5.73 Å². The molecule has 3 aliphatic heterocycles. The summed E-state index contributed by atoms with van der Waals surface area (Å²) in [4.78, 5) is 79.1. The van der Waals surface area contributed by atoms with Crippen molar-refractivity contribution in [3.63, 3.8) is 0 Å². The van der Waals surface area contributed by atoms with Gasteiger partial charge in [0, 0.05) is 133 Å². The molecule has 9 aromatic rings. The SMILES string of the molecule is C.C.CC(C)(C)OC(=O)NC1CCCCN(c2ncc(Sc3cccc(Cl)c3Cl)c3nccn23)C1.CC(C)(C)OC(=O)NC1CCCCNC1.N#N.NC1CCCCN(c2ncc(Sc3cccc(Cl)c3Cl)c3nccn23)C1.O=CC(F)(F)F.O=c1[nH]cc(Sc2cccc(Cl)c2Cl)c2nccn12.[2H]CC. The number of nitrogens with one attached hydrogen (secondary N) is 4. The topological polar surface area (TPSA) is 296 Å². The largest absolute Gasteiger partial charge is 0.446 e. The second kappa shape index (κ2) is 43.8. The van der Waals surface area contributed by atoms with Gasteiger partial charge in [0.05, 0.1) is 44.8 Å². The molecule has 12 rings (SSSR count). The Bertz CT molecular complexity index is 4330. The van der Waals surface area contributed by atoms with Crippen LogP contribution in [0.25, 0.3) is 16.9 Å². The standard InChI is InChI=1S/C23H27Cl2N5O2S.C18H19Cl2N5S.C12H7Cl2N3OS.C11H22N2O2.C2HF3O.C2H6.2CH4.N2/c1-23(2,3)32-22(31)28-15-7-4-5-11-29(14-15)21-27-13-18(20-26-10-12-30(20)21)33-17-9-6-8-16(24)19(17)25;19-13-5-3-6-14(16(13)20)26-15-10-23-18(25-9-7-22-17(15)25)24-8-2-1-4-12(21)11-24;13-7-2-1-3-8(10(7)14)19-9-6-16-12(18)17-5-4-15-11(9)17;1-11(2,3)15-10(14)13-9-6-4-5-7-12-8-9;3-2(4,5)1-6;1-2;;;1-2/h6,8-10,12-13,15H,4-5,7,11,14H2,1-3H3,(H,28,31);3,5-7,9-10,12H,1-2,4,8,11,21H2;1-6H,(H,16,18);9,12H,4-8H2,1-3H3,(H,13,14);1H;1-2H3;2*1H4;/i;;;;;1D;;;. The zero-order chi connectivity index (χ0) is 76.3. The number of imidazole rings is 3. The second-order valence-corrected chi connectivity index (χ2v) is 30.4. The van der Waals surface area contributed by atoms with E-state index in [0.717, 1.165) is 137 Å². The van der Waals surface area contributed by atoms with E-state index in [1.165, 1.54) is 46.1 Å². The number of carbonyl (C=O) groups is 3. The number of H-pyrrole nitrogens is 1. The van der Waals surface area contributed by atoms with Gasteiger partial charge in [0.25, 0.3) is 0 Å². The number of hydrogen-bond donors (Lipinski definition) is 5. The highest BCUT2D eigenvalue weighted by atomic mass is 35.5. The van der Waals surface area contributed by atoms with Gasteiger partial charge in [-0.15, -0.1) is 0 Å². The van der Waals surface area contributed by atoms with Gasteiger partial charge in [0.2, 0.25) is 18.2 Å². The van der Waals surface area contributed by atoms with Gasteiger partial charge in [0.15, 0.2) is 16.9 Å². The maximum atomic E-state index is 12.3. The molecule has 2 amide bonds. The van der Waals surface area contributed by atoms with E-state index in [4.69, 9.17) is 112 Å².